The van der Waals surface area contributed by atoms with E-state index in [1.807, 2.05) is 0 Å². The molecular formula is C21H22N2O6S. The predicted molar refractivity (Wildman–Crippen MR) is 108 cm³/mol. The van der Waals surface area contributed by atoms with Gasteiger partial charge in [-0.25, -0.2) is 8.51 Å². The van der Waals surface area contributed by atoms with E-state index in [0.29, 0.717) is 29.1 Å². The zero-order valence-corrected chi connectivity index (χ0v) is 17.1. The normalized spacial score (nSPS) is 21.1. The lowest BCUT2D eigenvalue weighted by Crippen LogP contribution is -2.50. The number of benzene rings is 2. The lowest BCUT2D eigenvalue weighted by Gasteiger charge is -2.28. The minimum absolute atomic E-state index is 0.0191. The molecule has 2 fully saturated rings. The van der Waals surface area contributed by atoms with Crippen LogP contribution in [0.3, 0.4) is 0 Å². The number of nitrogens with zero attached hydrogens (tertiary/aromatic N) is 1. The molecular weight excluding hydrogens is 408 g/mol. The fourth-order valence-corrected chi connectivity index (χ4v) is 5.22. The van der Waals surface area contributed by atoms with Crippen molar-refractivity contribution in [3.05, 3.63) is 48.0 Å². The molecule has 2 atom stereocenters. The van der Waals surface area contributed by atoms with Crippen LogP contribution in [0.1, 0.15) is 18.4 Å². The van der Waals surface area contributed by atoms with Gasteiger partial charge < -0.3 is 20.3 Å². The maximum absolute atomic E-state index is 13.5. The number of rotatable bonds is 5. The van der Waals surface area contributed by atoms with E-state index in [1.165, 1.54) is 47.8 Å². The van der Waals surface area contributed by atoms with Crippen LogP contribution >= 0.6 is 0 Å². The van der Waals surface area contributed by atoms with Crippen molar-refractivity contribution in [1.29, 1.82) is 0 Å². The van der Waals surface area contributed by atoms with Gasteiger partial charge in [0, 0.05) is 6.54 Å². The highest BCUT2D eigenvalue weighted by Gasteiger charge is 2.61. The third-order valence-corrected chi connectivity index (χ3v) is 7.06. The number of aromatic hydroxyl groups is 2. The van der Waals surface area contributed by atoms with Gasteiger partial charge in [-0.2, -0.15) is 0 Å². The Hall–Kier alpha value is -3.07. The molecule has 2 aromatic rings. The minimum atomic E-state index is -1.91. The Morgan fingerprint density at radius 1 is 1.13 bits per heavy atom. The summed E-state index contributed by atoms with van der Waals surface area (Å²) in [6, 6.07) is 10.4. The van der Waals surface area contributed by atoms with Gasteiger partial charge in [-0.05, 0) is 67.3 Å². The summed E-state index contributed by atoms with van der Waals surface area (Å²) >= 11 is 0. The fraction of sp³-hybridized carbons (Fsp3) is 0.333. The van der Waals surface area contributed by atoms with Crippen molar-refractivity contribution in [2.45, 2.75) is 29.7 Å². The van der Waals surface area contributed by atoms with Crippen LogP contribution in [-0.2, 0) is 27.0 Å². The number of nitrogens with one attached hydrogen (secondary N) is 1. The first kappa shape index (κ1) is 20.2. The van der Waals surface area contributed by atoms with Gasteiger partial charge in [-0.15, -0.1) is 0 Å². The van der Waals surface area contributed by atoms with Crippen molar-refractivity contribution in [1.82, 2.24) is 9.62 Å². The van der Waals surface area contributed by atoms with Crippen molar-refractivity contribution in [2.75, 3.05) is 13.7 Å². The van der Waals surface area contributed by atoms with E-state index in [-0.39, 0.29) is 30.4 Å². The molecule has 1 aliphatic heterocycles. The number of phenols is 2. The van der Waals surface area contributed by atoms with E-state index in [2.05, 4.69) is 5.32 Å². The number of amides is 2. The number of methoxy groups -OCH3 is 1. The smallest absolute Gasteiger partial charge is 0.247 e. The van der Waals surface area contributed by atoms with Crippen LogP contribution < -0.4 is 10.1 Å². The Labute approximate surface area is 176 Å². The molecule has 1 spiro atoms. The third-order valence-electron chi connectivity index (χ3n) is 5.53. The van der Waals surface area contributed by atoms with Crippen molar-refractivity contribution >= 4 is 22.8 Å². The van der Waals surface area contributed by atoms with Crippen LogP contribution in [0.15, 0.2) is 47.4 Å². The van der Waals surface area contributed by atoms with E-state index in [9.17, 15) is 24.0 Å². The van der Waals surface area contributed by atoms with Crippen LogP contribution in [0, 0.1) is 5.92 Å². The van der Waals surface area contributed by atoms with Gasteiger partial charge in [0.05, 0.1) is 17.9 Å². The van der Waals surface area contributed by atoms with E-state index >= 15 is 0 Å². The summed E-state index contributed by atoms with van der Waals surface area (Å²) < 4.78 is 19.9. The van der Waals surface area contributed by atoms with Crippen LogP contribution in [0.4, 0.5) is 0 Å². The van der Waals surface area contributed by atoms with Crippen molar-refractivity contribution in [3.8, 4) is 17.2 Å². The molecule has 1 saturated carbocycles. The van der Waals surface area contributed by atoms with E-state index in [1.54, 1.807) is 6.07 Å². The van der Waals surface area contributed by atoms with E-state index in [4.69, 9.17) is 4.74 Å². The van der Waals surface area contributed by atoms with Crippen molar-refractivity contribution < 1.29 is 28.7 Å². The van der Waals surface area contributed by atoms with Crippen LogP contribution in [0.5, 0.6) is 17.2 Å². The minimum Gasteiger partial charge on any atom is -0.508 e. The molecule has 0 radical (unpaired) electrons. The molecule has 158 valence electrons. The Morgan fingerprint density at radius 3 is 2.43 bits per heavy atom. The molecule has 30 heavy (non-hydrogen) atoms. The van der Waals surface area contributed by atoms with Gasteiger partial charge in [-0.1, -0.05) is 0 Å². The monoisotopic (exact) mass is 430 g/mol. The zero-order chi connectivity index (χ0) is 21.5. The second-order valence-electron chi connectivity index (χ2n) is 7.51. The molecule has 8 nitrogen and oxygen atoms in total. The zero-order valence-electron chi connectivity index (χ0n) is 16.3. The molecule has 2 aliphatic rings. The molecule has 1 heterocycles. The van der Waals surface area contributed by atoms with Crippen LogP contribution in [-0.4, -0.2) is 49.7 Å². The second kappa shape index (κ2) is 7.64. The first-order valence-electron chi connectivity index (χ1n) is 9.55. The lowest BCUT2D eigenvalue weighted by atomic mass is 9.97. The fourth-order valence-electron chi connectivity index (χ4n) is 3.74. The van der Waals surface area contributed by atoms with E-state index < -0.39 is 28.3 Å². The average Bonchev–Trinajstić information content (AvgIpc) is 3.53. The Morgan fingerprint density at radius 2 is 1.80 bits per heavy atom. The number of ether oxygens (including phenoxy) is 1. The highest BCUT2D eigenvalue weighted by molar-refractivity contribution is 7.83. The molecule has 0 aromatic heterocycles. The quantitative estimate of drug-likeness (QED) is 0.662. The topological polar surface area (TPSA) is 116 Å². The highest BCUT2D eigenvalue weighted by atomic mass is 32.2. The number of carbonyl (C=O) groups is 2. The largest absolute Gasteiger partial charge is 0.508 e. The van der Waals surface area contributed by atoms with Gasteiger partial charge in [0.2, 0.25) is 11.8 Å². The average molecular weight is 430 g/mol. The molecule has 3 N–H and O–H groups in total. The molecule has 9 heteroatoms. The van der Waals surface area contributed by atoms with Gasteiger partial charge in [-0.3, -0.25) is 9.59 Å². The molecule has 0 bridgehead atoms. The SMILES string of the molecule is COc1ccc(O)cc1CC1CNC(=O)C2(CC2)N(S(=O)c2ccc(O)cc2)C1=O. The van der Waals surface area contributed by atoms with Gasteiger partial charge in [0.15, 0.2) is 11.0 Å². The maximum Gasteiger partial charge on any atom is 0.247 e. The second-order valence-corrected chi connectivity index (χ2v) is 8.85. The lowest BCUT2D eigenvalue weighted by molar-refractivity contribution is -0.135. The molecule has 4 rings (SSSR count). The molecule has 2 unspecified atom stereocenters. The van der Waals surface area contributed by atoms with Crippen LogP contribution in [0.2, 0.25) is 0 Å². The molecule has 2 aromatic carbocycles. The summed E-state index contributed by atoms with van der Waals surface area (Å²) in [5, 5.41) is 22.2. The third kappa shape index (κ3) is 3.49. The Balaban J connectivity index is 1.69. The van der Waals surface area contributed by atoms with E-state index in [0.717, 1.165) is 0 Å². The number of phenolic OH excluding ortho intramolecular Hbond substituents is 2. The predicted octanol–water partition coefficient (Wildman–Crippen LogP) is 1.48. The summed E-state index contributed by atoms with van der Waals surface area (Å²) in [5.74, 6) is -0.810. The standard InChI is InChI=1S/C21H22N2O6S/c1-29-18-7-4-16(25)11-13(18)10-14-12-22-20(27)21(8-9-21)23(19(14)26)30(28)17-5-2-15(24)3-6-17/h2-7,11,14,24-25H,8-10,12H2,1H3,(H,22,27). The number of hydrogen-bond donors (Lipinski definition) is 3. The summed E-state index contributed by atoms with van der Waals surface area (Å²) in [5.41, 5.74) is -0.496. The van der Waals surface area contributed by atoms with Crippen molar-refractivity contribution in [3.63, 3.8) is 0 Å². The maximum atomic E-state index is 13.5. The number of carbonyl (C=O) groups excluding carboxylic acids is 2. The molecule has 1 saturated heterocycles. The number of hydrogen-bond acceptors (Lipinski definition) is 6. The van der Waals surface area contributed by atoms with Gasteiger partial charge in [0.25, 0.3) is 0 Å². The Bertz CT molecular complexity index is 1020. The summed E-state index contributed by atoms with van der Waals surface area (Å²) in [6.07, 6.45) is 1.09. The highest BCUT2D eigenvalue weighted by Crippen LogP contribution is 2.46. The first-order valence-corrected chi connectivity index (χ1v) is 10.7. The summed E-state index contributed by atoms with van der Waals surface area (Å²) in [6.45, 7) is 0.0987. The Kier molecular flexibility index (Phi) is 5.15. The van der Waals surface area contributed by atoms with Crippen molar-refractivity contribution in [2.24, 2.45) is 5.92 Å². The summed E-state index contributed by atoms with van der Waals surface area (Å²) in [7, 11) is -0.408. The van der Waals surface area contributed by atoms with Crippen LogP contribution in [0.25, 0.3) is 0 Å². The molecule has 2 amide bonds. The van der Waals surface area contributed by atoms with Gasteiger partial charge >= 0.3 is 0 Å². The first-order chi connectivity index (χ1) is 14.4. The summed E-state index contributed by atoms with van der Waals surface area (Å²) in [4.78, 5) is 26.6. The molecule has 1 aliphatic carbocycles. The van der Waals surface area contributed by atoms with Gasteiger partial charge in [0.1, 0.15) is 22.8 Å².